The van der Waals surface area contributed by atoms with Crippen LogP contribution in [0, 0.1) is 11.3 Å². The first-order valence-corrected chi connectivity index (χ1v) is 10.4. The summed E-state index contributed by atoms with van der Waals surface area (Å²) in [5.41, 5.74) is -2.82. The average Bonchev–Trinajstić information content (AvgIpc) is 3.13. The van der Waals surface area contributed by atoms with Crippen LogP contribution >= 0.6 is 11.3 Å². The Labute approximate surface area is 187 Å². The fraction of sp³-hybridized carbons (Fsp3) is 0.421. The molecular formula is C19H16F5N7OS. The second-order valence-corrected chi connectivity index (χ2v) is 8.77. The van der Waals surface area contributed by atoms with E-state index in [1.807, 2.05) is 6.07 Å². The molecule has 8 nitrogen and oxygen atoms in total. The summed E-state index contributed by atoms with van der Waals surface area (Å²) in [6.45, 7) is 0.327. The Morgan fingerprint density at radius 3 is 2.52 bits per heavy atom. The van der Waals surface area contributed by atoms with E-state index < -0.39 is 29.2 Å². The fourth-order valence-corrected chi connectivity index (χ4v) is 4.30. The number of carbonyl (C=O) groups excluding carboxylic acids is 1. The van der Waals surface area contributed by atoms with Gasteiger partial charge in [0.05, 0.1) is 16.6 Å². The van der Waals surface area contributed by atoms with Crippen LogP contribution in [0.25, 0.3) is 16.4 Å². The van der Waals surface area contributed by atoms with Gasteiger partial charge in [-0.3, -0.25) is 4.79 Å². The van der Waals surface area contributed by atoms with Crippen LogP contribution < -0.4 is 0 Å². The molecule has 3 aromatic heterocycles. The maximum absolute atomic E-state index is 13.8. The van der Waals surface area contributed by atoms with Crippen molar-refractivity contribution < 1.29 is 26.7 Å². The number of alkyl halides is 5. The van der Waals surface area contributed by atoms with Gasteiger partial charge in [0, 0.05) is 27.1 Å². The lowest BCUT2D eigenvalue weighted by atomic mass is 10.1. The molecule has 0 saturated heterocycles. The van der Waals surface area contributed by atoms with E-state index in [4.69, 9.17) is 0 Å². The maximum Gasteiger partial charge on any atom is 0.422 e. The number of hydrogen-bond donors (Lipinski definition) is 0. The number of rotatable bonds is 5. The number of nitrogens with zero attached hydrogens (tertiary/aromatic N) is 7. The molecule has 1 amide bonds. The molecule has 0 spiro atoms. The Kier molecular flexibility index (Phi) is 5.27. The molecule has 0 unspecified atom stereocenters. The molecule has 1 aliphatic rings. The first kappa shape index (κ1) is 22.8. The van der Waals surface area contributed by atoms with Crippen LogP contribution in [-0.4, -0.2) is 48.7 Å². The Morgan fingerprint density at radius 1 is 1.30 bits per heavy atom. The molecule has 0 N–H and O–H groups in total. The van der Waals surface area contributed by atoms with E-state index in [2.05, 4.69) is 15.4 Å². The minimum Gasteiger partial charge on any atom is -0.339 e. The van der Waals surface area contributed by atoms with Gasteiger partial charge >= 0.3 is 6.18 Å². The summed E-state index contributed by atoms with van der Waals surface area (Å²) in [5, 5.41) is 20.3. The van der Waals surface area contributed by atoms with Gasteiger partial charge in [-0.05, 0) is 18.9 Å². The lowest BCUT2D eigenvalue weighted by molar-refractivity contribution is -0.141. The summed E-state index contributed by atoms with van der Waals surface area (Å²) in [6, 6.07) is 3.49. The molecule has 1 saturated carbocycles. The van der Waals surface area contributed by atoms with Crippen molar-refractivity contribution in [1.82, 2.24) is 29.7 Å². The Balaban J connectivity index is 1.77. The molecule has 174 valence electrons. The maximum atomic E-state index is 13.8. The largest absolute Gasteiger partial charge is 0.422 e. The predicted molar refractivity (Wildman–Crippen MR) is 106 cm³/mol. The van der Waals surface area contributed by atoms with Crippen LogP contribution in [0.2, 0.25) is 0 Å². The number of aromatic nitrogens is 5. The lowest BCUT2D eigenvalue weighted by Crippen LogP contribution is -2.28. The molecule has 33 heavy (non-hydrogen) atoms. The second-order valence-electron chi connectivity index (χ2n) is 7.72. The monoisotopic (exact) mass is 485 g/mol. The molecule has 1 aliphatic carbocycles. The van der Waals surface area contributed by atoms with Crippen molar-refractivity contribution in [2.75, 3.05) is 7.05 Å². The molecule has 0 bridgehead atoms. The third-order valence-corrected chi connectivity index (χ3v) is 6.22. The van der Waals surface area contributed by atoms with Crippen molar-refractivity contribution in [1.29, 1.82) is 5.26 Å². The van der Waals surface area contributed by atoms with Crippen molar-refractivity contribution in [3.05, 3.63) is 34.0 Å². The Morgan fingerprint density at radius 2 is 1.97 bits per heavy atom. The number of halogens is 5. The predicted octanol–water partition coefficient (Wildman–Crippen LogP) is 3.97. The summed E-state index contributed by atoms with van der Waals surface area (Å²) >= 11 is 0.933. The van der Waals surface area contributed by atoms with Gasteiger partial charge in [-0.25, -0.2) is 9.36 Å². The van der Waals surface area contributed by atoms with Crippen LogP contribution in [0.4, 0.5) is 22.0 Å². The summed E-state index contributed by atoms with van der Waals surface area (Å²) in [4.78, 5) is 14.7. The van der Waals surface area contributed by atoms with Gasteiger partial charge in [-0.1, -0.05) is 5.21 Å². The SMILES string of the molecule is CN(C(=O)c1cc(-c2cn(-c3c(C(F)(F)F)c(C(C)(F)F)nn3C)nn2)sc1C#N)C1CC1. The molecule has 3 heterocycles. The molecule has 0 radical (unpaired) electrons. The van der Waals surface area contributed by atoms with Gasteiger partial charge in [0.25, 0.3) is 11.8 Å². The van der Waals surface area contributed by atoms with Crippen molar-refractivity contribution >= 4 is 17.2 Å². The zero-order valence-electron chi connectivity index (χ0n) is 17.5. The van der Waals surface area contributed by atoms with E-state index in [1.54, 1.807) is 11.9 Å². The van der Waals surface area contributed by atoms with E-state index in [9.17, 15) is 32.0 Å². The minimum atomic E-state index is -5.13. The highest BCUT2D eigenvalue weighted by Gasteiger charge is 2.47. The number of hydrogen-bond acceptors (Lipinski definition) is 6. The quantitative estimate of drug-likeness (QED) is 0.510. The van der Waals surface area contributed by atoms with Crippen molar-refractivity contribution in [3.8, 4) is 22.5 Å². The molecular weight excluding hydrogens is 469 g/mol. The standard InChI is InChI=1S/C19H16F5N7OS/c1-18(20,21)15-14(19(22,23)24)16(30(3)27-15)31-8-11(26-28-31)12-6-10(13(7-25)33-12)17(32)29(2)9-4-5-9/h6,8-9H,4-5H2,1-3H3. The highest BCUT2D eigenvalue weighted by atomic mass is 32.1. The van der Waals surface area contributed by atoms with Crippen LogP contribution in [-0.2, 0) is 19.1 Å². The molecule has 14 heteroatoms. The number of aryl methyl sites for hydroxylation is 1. The van der Waals surface area contributed by atoms with E-state index in [-0.39, 0.29) is 28.1 Å². The zero-order chi connectivity index (χ0) is 24.3. The van der Waals surface area contributed by atoms with Gasteiger partial charge in [0.15, 0.2) is 5.82 Å². The summed E-state index contributed by atoms with van der Waals surface area (Å²) in [6.07, 6.45) is -2.27. The Hall–Kier alpha value is -3.34. The van der Waals surface area contributed by atoms with Crippen molar-refractivity contribution in [3.63, 3.8) is 0 Å². The fourth-order valence-electron chi connectivity index (χ4n) is 3.40. The highest BCUT2D eigenvalue weighted by Crippen LogP contribution is 2.42. The van der Waals surface area contributed by atoms with Crippen LogP contribution in [0.5, 0.6) is 0 Å². The smallest absolute Gasteiger partial charge is 0.339 e. The van der Waals surface area contributed by atoms with Crippen LogP contribution in [0.15, 0.2) is 12.3 Å². The normalized spacial score (nSPS) is 14.4. The van der Waals surface area contributed by atoms with E-state index in [0.29, 0.717) is 21.2 Å². The number of nitriles is 1. The zero-order valence-corrected chi connectivity index (χ0v) is 18.3. The summed E-state index contributed by atoms with van der Waals surface area (Å²) < 4.78 is 70.0. The van der Waals surface area contributed by atoms with Gasteiger partial charge in [-0.2, -0.15) is 32.3 Å². The summed E-state index contributed by atoms with van der Waals surface area (Å²) in [5.74, 6) is -4.92. The molecule has 1 fully saturated rings. The second kappa shape index (κ2) is 7.62. The van der Waals surface area contributed by atoms with E-state index in [1.165, 1.54) is 6.07 Å². The molecule has 3 aromatic rings. The number of thiophene rings is 1. The van der Waals surface area contributed by atoms with E-state index >= 15 is 0 Å². The minimum absolute atomic E-state index is 0.0729. The van der Waals surface area contributed by atoms with Gasteiger partial charge in [0.2, 0.25) is 0 Å². The molecule has 0 atom stereocenters. The van der Waals surface area contributed by atoms with Gasteiger partial charge in [0.1, 0.15) is 27.9 Å². The molecule has 0 aromatic carbocycles. The van der Waals surface area contributed by atoms with Gasteiger partial charge < -0.3 is 4.90 Å². The lowest BCUT2D eigenvalue weighted by Gasteiger charge is -2.15. The topological polar surface area (TPSA) is 92.6 Å². The number of carbonyl (C=O) groups is 1. The third-order valence-electron chi connectivity index (χ3n) is 5.16. The summed E-state index contributed by atoms with van der Waals surface area (Å²) in [7, 11) is 2.72. The van der Waals surface area contributed by atoms with Crippen molar-refractivity contribution in [2.24, 2.45) is 7.05 Å². The first-order valence-electron chi connectivity index (χ1n) is 9.59. The van der Waals surface area contributed by atoms with Gasteiger partial charge in [-0.15, -0.1) is 16.4 Å². The van der Waals surface area contributed by atoms with Crippen LogP contribution in [0.3, 0.4) is 0 Å². The average molecular weight is 485 g/mol. The molecule has 4 rings (SSSR count). The Bertz CT molecular complexity index is 1270. The first-order chi connectivity index (χ1) is 15.3. The van der Waals surface area contributed by atoms with Crippen molar-refractivity contribution in [2.45, 2.75) is 37.9 Å². The third kappa shape index (κ3) is 4.08. The number of amides is 1. The van der Waals surface area contributed by atoms with E-state index in [0.717, 1.165) is 37.4 Å². The molecule has 0 aliphatic heterocycles. The van der Waals surface area contributed by atoms with Crippen LogP contribution in [0.1, 0.15) is 46.3 Å². The highest BCUT2D eigenvalue weighted by molar-refractivity contribution is 7.16.